The number of aryl methyl sites for hydroxylation is 1. The van der Waals surface area contributed by atoms with Gasteiger partial charge in [0.25, 0.3) is 5.91 Å². The van der Waals surface area contributed by atoms with E-state index in [4.69, 9.17) is 21.1 Å². The van der Waals surface area contributed by atoms with E-state index in [1.54, 1.807) is 37.5 Å². The van der Waals surface area contributed by atoms with Gasteiger partial charge < -0.3 is 14.8 Å². The molecule has 144 valence electrons. The lowest BCUT2D eigenvalue weighted by Crippen LogP contribution is -2.14. The highest BCUT2D eigenvalue weighted by Crippen LogP contribution is 2.34. The molecule has 2 rings (SSSR count). The second-order valence-electron chi connectivity index (χ2n) is 5.99. The van der Waals surface area contributed by atoms with Crippen molar-refractivity contribution in [2.24, 2.45) is 0 Å². The average molecular weight is 397 g/mol. The number of halogens is 1. The van der Waals surface area contributed by atoms with Gasteiger partial charge in [-0.2, -0.15) is 5.26 Å². The minimum absolute atomic E-state index is 0.0452. The van der Waals surface area contributed by atoms with E-state index in [1.165, 1.54) is 13.2 Å². The highest BCUT2D eigenvalue weighted by molar-refractivity contribution is 6.31. The summed E-state index contributed by atoms with van der Waals surface area (Å²) in [6, 6.07) is 10.7. The minimum Gasteiger partial charge on any atom is -0.493 e. The van der Waals surface area contributed by atoms with Crippen molar-refractivity contribution >= 4 is 29.3 Å². The second kappa shape index (κ2) is 9.63. The molecule has 28 heavy (non-hydrogen) atoms. The smallest absolute Gasteiger partial charge is 0.266 e. The van der Waals surface area contributed by atoms with Crippen LogP contribution in [0.25, 0.3) is 6.08 Å². The molecule has 0 aliphatic heterocycles. The molecule has 0 fully saturated rings. The predicted octanol–water partition coefficient (Wildman–Crippen LogP) is 4.94. The van der Waals surface area contributed by atoms with Gasteiger partial charge >= 0.3 is 0 Å². The van der Waals surface area contributed by atoms with Crippen LogP contribution in [-0.2, 0) is 11.2 Å². The van der Waals surface area contributed by atoms with Crippen LogP contribution in [0, 0.1) is 18.3 Å². The van der Waals surface area contributed by atoms with Gasteiger partial charge in [-0.25, -0.2) is 0 Å². The summed E-state index contributed by atoms with van der Waals surface area (Å²) in [5, 5.41) is 12.7. The zero-order valence-electron chi connectivity index (χ0n) is 16.0. The van der Waals surface area contributed by atoms with Crippen molar-refractivity contribution < 1.29 is 14.3 Å². The van der Waals surface area contributed by atoms with E-state index in [2.05, 4.69) is 11.9 Å². The molecule has 0 saturated heterocycles. The third-order valence-corrected chi connectivity index (χ3v) is 4.30. The van der Waals surface area contributed by atoms with Gasteiger partial charge in [0.2, 0.25) is 0 Å². The van der Waals surface area contributed by atoms with Gasteiger partial charge in [0, 0.05) is 16.3 Å². The summed E-state index contributed by atoms with van der Waals surface area (Å²) >= 11 is 5.99. The van der Waals surface area contributed by atoms with Gasteiger partial charge in [0.15, 0.2) is 11.5 Å². The minimum atomic E-state index is -0.520. The molecule has 0 spiro atoms. The summed E-state index contributed by atoms with van der Waals surface area (Å²) < 4.78 is 10.8. The van der Waals surface area contributed by atoms with Crippen molar-refractivity contribution in [3.05, 3.63) is 70.3 Å². The van der Waals surface area contributed by atoms with Crippen LogP contribution in [0.1, 0.15) is 16.7 Å². The maximum atomic E-state index is 12.6. The normalized spacial score (nSPS) is 10.8. The van der Waals surface area contributed by atoms with Crippen LogP contribution < -0.4 is 14.8 Å². The molecule has 0 atom stereocenters. The number of amides is 1. The second-order valence-corrected chi connectivity index (χ2v) is 6.43. The number of allylic oxidation sites excluding steroid dienone is 1. The number of hydrogen-bond acceptors (Lipinski definition) is 4. The van der Waals surface area contributed by atoms with Gasteiger partial charge in [-0.15, -0.1) is 6.58 Å². The van der Waals surface area contributed by atoms with Crippen LogP contribution in [0.3, 0.4) is 0 Å². The van der Waals surface area contributed by atoms with Crippen molar-refractivity contribution in [2.45, 2.75) is 13.3 Å². The largest absolute Gasteiger partial charge is 0.493 e. The summed E-state index contributed by atoms with van der Waals surface area (Å²) in [6.45, 7) is 5.59. The SMILES string of the molecule is C=CCc1cc(C=C(C#N)C(=O)Nc2cc(Cl)ccc2C)cc(OC)c1OC. The van der Waals surface area contributed by atoms with Crippen LogP contribution in [0.2, 0.25) is 5.02 Å². The number of nitriles is 1. The zero-order valence-corrected chi connectivity index (χ0v) is 16.8. The summed E-state index contributed by atoms with van der Waals surface area (Å²) in [7, 11) is 3.09. The third kappa shape index (κ3) is 4.93. The lowest BCUT2D eigenvalue weighted by molar-refractivity contribution is -0.112. The topological polar surface area (TPSA) is 71.4 Å². The van der Waals surface area contributed by atoms with Crippen molar-refractivity contribution in [1.82, 2.24) is 0 Å². The number of nitrogens with zero attached hydrogens (tertiary/aromatic N) is 1. The average Bonchev–Trinajstić information content (AvgIpc) is 2.68. The number of anilines is 1. The monoisotopic (exact) mass is 396 g/mol. The standard InChI is InChI=1S/C22H21ClN2O3/c1-5-6-16-9-15(11-20(27-3)21(16)28-4)10-17(13-24)22(26)25-19-12-18(23)8-7-14(19)2/h5,7-12H,1,6H2,2-4H3,(H,25,26). The highest BCUT2D eigenvalue weighted by atomic mass is 35.5. The fourth-order valence-electron chi connectivity index (χ4n) is 2.69. The van der Waals surface area contributed by atoms with Crippen molar-refractivity contribution in [2.75, 3.05) is 19.5 Å². The number of rotatable bonds is 7. The van der Waals surface area contributed by atoms with Crippen LogP contribution in [0.5, 0.6) is 11.5 Å². The van der Waals surface area contributed by atoms with E-state index >= 15 is 0 Å². The number of nitrogens with one attached hydrogen (secondary N) is 1. The number of ether oxygens (including phenoxy) is 2. The molecular weight excluding hydrogens is 376 g/mol. The predicted molar refractivity (Wildman–Crippen MR) is 112 cm³/mol. The van der Waals surface area contributed by atoms with Gasteiger partial charge in [-0.1, -0.05) is 23.7 Å². The van der Waals surface area contributed by atoms with Gasteiger partial charge in [-0.3, -0.25) is 4.79 Å². The molecule has 0 unspecified atom stereocenters. The molecule has 6 heteroatoms. The summed E-state index contributed by atoms with van der Waals surface area (Å²) in [4.78, 5) is 12.6. The van der Waals surface area contributed by atoms with E-state index in [0.717, 1.165) is 11.1 Å². The zero-order chi connectivity index (χ0) is 20.7. The Morgan fingerprint density at radius 1 is 1.29 bits per heavy atom. The molecule has 0 bridgehead atoms. The van der Waals surface area contributed by atoms with Crippen molar-refractivity contribution in [1.29, 1.82) is 5.26 Å². The summed E-state index contributed by atoms with van der Waals surface area (Å²) in [6.07, 6.45) is 3.80. The Kier molecular flexibility index (Phi) is 7.25. The van der Waals surface area contributed by atoms with Gasteiger partial charge in [0.05, 0.1) is 14.2 Å². The summed E-state index contributed by atoms with van der Waals surface area (Å²) in [5.41, 5.74) is 2.83. The van der Waals surface area contributed by atoms with Crippen LogP contribution >= 0.6 is 11.6 Å². The molecule has 1 N–H and O–H groups in total. The molecular formula is C22H21ClN2O3. The highest BCUT2D eigenvalue weighted by Gasteiger charge is 2.14. The molecule has 2 aromatic carbocycles. The Hall–Kier alpha value is -3.23. The van der Waals surface area contributed by atoms with Crippen molar-refractivity contribution in [3.63, 3.8) is 0 Å². The number of carbonyl (C=O) groups is 1. The maximum absolute atomic E-state index is 12.6. The number of methoxy groups -OCH3 is 2. The molecule has 5 nitrogen and oxygen atoms in total. The van der Waals surface area contributed by atoms with Gasteiger partial charge in [-0.05, 0) is 54.8 Å². The molecule has 0 aromatic heterocycles. The first-order valence-electron chi connectivity index (χ1n) is 8.48. The first-order chi connectivity index (χ1) is 13.4. The lowest BCUT2D eigenvalue weighted by atomic mass is 10.0. The molecule has 0 saturated carbocycles. The summed E-state index contributed by atoms with van der Waals surface area (Å²) in [5.74, 6) is 0.585. The Morgan fingerprint density at radius 3 is 2.64 bits per heavy atom. The van der Waals surface area contributed by atoms with E-state index < -0.39 is 5.91 Å². The quantitative estimate of drug-likeness (QED) is 0.408. The fraction of sp³-hybridized carbons (Fsp3) is 0.182. The molecule has 1 amide bonds. The van der Waals surface area contributed by atoms with E-state index in [0.29, 0.717) is 34.2 Å². The fourth-order valence-corrected chi connectivity index (χ4v) is 2.86. The Bertz CT molecular complexity index is 974. The van der Waals surface area contributed by atoms with Crippen LogP contribution in [0.4, 0.5) is 5.69 Å². The maximum Gasteiger partial charge on any atom is 0.266 e. The molecule has 0 heterocycles. The molecule has 0 aliphatic rings. The van der Waals surface area contributed by atoms with E-state index in [1.807, 2.05) is 19.1 Å². The number of benzene rings is 2. The first-order valence-corrected chi connectivity index (χ1v) is 8.86. The van der Waals surface area contributed by atoms with Crippen LogP contribution in [0.15, 0.2) is 48.6 Å². The Balaban J connectivity index is 2.41. The Morgan fingerprint density at radius 2 is 2.04 bits per heavy atom. The van der Waals surface area contributed by atoms with Crippen LogP contribution in [-0.4, -0.2) is 20.1 Å². The molecule has 2 aromatic rings. The van der Waals surface area contributed by atoms with Crippen molar-refractivity contribution in [3.8, 4) is 17.6 Å². The van der Waals surface area contributed by atoms with Gasteiger partial charge in [0.1, 0.15) is 11.6 Å². The van der Waals surface area contributed by atoms with E-state index in [9.17, 15) is 10.1 Å². The lowest BCUT2D eigenvalue weighted by Gasteiger charge is -2.13. The molecule has 0 aliphatic carbocycles. The molecule has 0 radical (unpaired) electrons. The third-order valence-electron chi connectivity index (χ3n) is 4.07. The number of hydrogen-bond donors (Lipinski definition) is 1. The van der Waals surface area contributed by atoms with E-state index in [-0.39, 0.29) is 5.57 Å². The first kappa shape index (κ1) is 21.1. The number of carbonyl (C=O) groups excluding carboxylic acids is 1. The Labute approximate surface area is 169 Å².